The molecule has 2 aromatic heterocycles. The molecule has 4 heterocycles. The van der Waals surface area contributed by atoms with E-state index in [0.29, 0.717) is 18.2 Å². The Morgan fingerprint density at radius 3 is 2.61 bits per heavy atom. The quantitative estimate of drug-likeness (QED) is 0.385. The summed E-state index contributed by atoms with van der Waals surface area (Å²) in [7, 11) is 0. The summed E-state index contributed by atoms with van der Waals surface area (Å²) in [6.45, 7) is 3.94. The fourth-order valence-corrected chi connectivity index (χ4v) is 3.82. The predicted octanol–water partition coefficient (Wildman–Crippen LogP) is 3.78. The monoisotopic (exact) mass is 445 g/mol. The van der Waals surface area contributed by atoms with Crippen LogP contribution in [0.25, 0.3) is 6.08 Å². The van der Waals surface area contributed by atoms with Crippen molar-refractivity contribution in [1.29, 1.82) is 0 Å². The molecule has 1 saturated heterocycles. The summed E-state index contributed by atoms with van der Waals surface area (Å²) in [5.41, 5.74) is 4.12. The van der Waals surface area contributed by atoms with Crippen LogP contribution in [-0.4, -0.2) is 41.2 Å². The number of nitrogens with one attached hydrogen (secondary N) is 3. The van der Waals surface area contributed by atoms with Crippen molar-refractivity contribution >= 4 is 40.6 Å². The lowest BCUT2D eigenvalue weighted by Crippen LogP contribution is -2.36. The Morgan fingerprint density at radius 1 is 1.06 bits per heavy atom. The van der Waals surface area contributed by atoms with Crippen molar-refractivity contribution in [3.63, 3.8) is 0 Å². The molecule has 2 aliphatic rings. The molecule has 5 rings (SSSR count). The SMILES string of the molecule is O=[N+]([O-])c1ccc(Nc2cc3c(c(Nc4ccc(N5CCOCC5)cc4)n2)CNC=C3)nc1. The first-order valence-corrected chi connectivity index (χ1v) is 10.7. The van der Waals surface area contributed by atoms with E-state index in [1.807, 2.05) is 30.5 Å². The summed E-state index contributed by atoms with van der Waals surface area (Å²) < 4.78 is 5.43. The third-order valence-electron chi connectivity index (χ3n) is 5.54. The number of ether oxygens (including phenoxy) is 1. The first kappa shape index (κ1) is 20.7. The second kappa shape index (κ2) is 9.13. The fourth-order valence-electron chi connectivity index (χ4n) is 3.82. The van der Waals surface area contributed by atoms with Gasteiger partial charge in [-0.2, -0.15) is 0 Å². The summed E-state index contributed by atoms with van der Waals surface area (Å²) in [4.78, 5) is 21.6. The summed E-state index contributed by atoms with van der Waals surface area (Å²) >= 11 is 0. The van der Waals surface area contributed by atoms with Gasteiger partial charge < -0.3 is 25.6 Å². The minimum absolute atomic E-state index is 0.0594. The third kappa shape index (κ3) is 4.70. The number of rotatable bonds is 6. The molecule has 10 nitrogen and oxygen atoms in total. The molecule has 0 unspecified atom stereocenters. The topological polar surface area (TPSA) is 117 Å². The van der Waals surface area contributed by atoms with Gasteiger partial charge >= 0.3 is 0 Å². The van der Waals surface area contributed by atoms with Gasteiger partial charge in [0.2, 0.25) is 0 Å². The highest BCUT2D eigenvalue weighted by Gasteiger charge is 2.16. The standard InChI is InChI=1S/C23H23N7O3/c31-30(32)19-5-6-21(25-14-19)27-22-13-16-7-8-24-15-20(16)23(28-22)26-17-1-3-18(4-2-17)29-9-11-33-12-10-29/h1-8,13-14,24H,9-12,15H2,(H2,25,26,27,28). The molecule has 2 aliphatic heterocycles. The van der Waals surface area contributed by atoms with Crippen molar-refractivity contribution in [2.75, 3.05) is 41.8 Å². The van der Waals surface area contributed by atoms with Gasteiger partial charge in [0.1, 0.15) is 23.7 Å². The van der Waals surface area contributed by atoms with Crippen LogP contribution in [0.4, 0.5) is 34.5 Å². The number of nitrogens with zero attached hydrogens (tertiary/aromatic N) is 4. The highest BCUT2D eigenvalue weighted by Crippen LogP contribution is 2.30. The maximum Gasteiger partial charge on any atom is 0.287 e. The Bertz CT molecular complexity index is 1170. The van der Waals surface area contributed by atoms with Crippen LogP contribution in [0.3, 0.4) is 0 Å². The number of benzene rings is 1. The summed E-state index contributed by atoms with van der Waals surface area (Å²) in [5.74, 6) is 1.80. The molecular formula is C23H23N7O3. The largest absolute Gasteiger partial charge is 0.387 e. The molecule has 168 valence electrons. The van der Waals surface area contributed by atoms with Crippen molar-refractivity contribution in [3.8, 4) is 0 Å². The van der Waals surface area contributed by atoms with Crippen molar-refractivity contribution in [3.05, 3.63) is 76.1 Å². The van der Waals surface area contributed by atoms with Crippen LogP contribution in [0, 0.1) is 10.1 Å². The second-order valence-corrected chi connectivity index (χ2v) is 7.69. The third-order valence-corrected chi connectivity index (χ3v) is 5.54. The van der Waals surface area contributed by atoms with Crippen LogP contribution in [-0.2, 0) is 11.3 Å². The summed E-state index contributed by atoms with van der Waals surface area (Å²) in [5, 5.41) is 20.7. The number of fused-ring (bicyclic) bond motifs is 1. The maximum atomic E-state index is 10.9. The van der Waals surface area contributed by atoms with Gasteiger partial charge in [0.05, 0.1) is 18.1 Å². The highest BCUT2D eigenvalue weighted by atomic mass is 16.6. The maximum absolute atomic E-state index is 10.9. The molecule has 0 saturated carbocycles. The van der Waals surface area contributed by atoms with Crippen molar-refractivity contribution in [2.24, 2.45) is 0 Å². The molecule has 3 aromatic rings. The van der Waals surface area contributed by atoms with E-state index in [1.165, 1.54) is 18.0 Å². The number of morpholine rings is 1. The molecule has 0 aliphatic carbocycles. The number of anilines is 5. The van der Waals surface area contributed by atoms with E-state index in [9.17, 15) is 10.1 Å². The summed E-state index contributed by atoms with van der Waals surface area (Å²) in [6.07, 6.45) is 5.11. The molecule has 3 N–H and O–H groups in total. The van der Waals surface area contributed by atoms with Crippen LogP contribution in [0.1, 0.15) is 11.1 Å². The lowest BCUT2D eigenvalue weighted by atomic mass is 10.1. The van der Waals surface area contributed by atoms with Gasteiger partial charge in [0.25, 0.3) is 5.69 Å². The van der Waals surface area contributed by atoms with Gasteiger partial charge in [-0.15, -0.1) is 0 Å². The van der Waals surface area contributed by atoms with Crippen LogP contribution in [0.5, 0.6) is 0 Å². The molecule has 0 bridgehead atoms. The highest BCUT2D eigenvalue weighted by molar-refractivity contribution is 5.72. The smallest absolute Gasteiger partial charge is 0.287 e. The molecule has 33 heavy (non-hydrogen) atoms. The van der Waals surface area contributed by atoms with Crippen molar-refractivity contribution in [1.82, 2.24) is 15.3 Å². The zero-order valence-corrected chi connectivity index (χ0v) is 17.8. The van der Waals surface area contributed by atoms with Crippen LogP contribution >= 0.6 is 0 Å². The molecule has 0 atom stereocenters. The first-order chi connectivity index (χ1) is 16.2. The van der Waals surface area contributed by atoms with Crippen LogP contribution < -0.4 is 20.9 Å². The second-order valence-electron chi connectivity index (χ2n) is 7.69. The van der Waals surface area contributed by atoms with Gasteiger partial charge in [-0.1, -0.05) is 0 Å². The van der Waals surface area contributed by atoms with Crippen molar-refractivity contribution < 1.29 is 9.66 Å². The van der Waals surface area contributed by atoms with E-state index in [2.05, 4.69) is 38.0 Å². The number of pyridine rings is 2. The normalized spacial score (nSPS) is 14.8. The van der Waals surface area contributed by atoms with Gasteiger partial charge in [-0.25, -0.2) is 9.97 Å². The van der Waals surface area contributed by atoms with E-state index < -0.39 is 4.92 Å². The fraction of sp³-hybridized carbons (Fsp3) is 0.217. The minimum atomic E-state index is -0.474. The molecule has 1 aromatic carbocycles. The van der Waals surface area contributed by atoms with E-state index >= 15 is 0 Å². The Hall–Kier alpha value is -4.18. The van der Waals surface area contributed by atoms with E-state index in [0.717, 1.165) is 48.9 Å². The molecule has 0 spiro atoms. The average molecular weight is 445 g/mol. The van der Waals surface area contributed by atoms with Gasteiger partial charge in [-0.3, -0.25) is 10.1 Å². The Labute approximate surface area is 190 Å². The molecule has 0 radical (unpaired) electrons. The zero-order chi connectivity index (χ0) is 22.6. The molecule has 0 amide bonds. The van der Waals surface area contributed by atoms with E-state index in [4.69, 9.17) is 9.72 Å². The Balaban J connectivity index is 1.38. The van der Waals surface area contributed by atoms with E-state index in [-0.39, 0.29) is 5.69 Å². The summed E-state index contributed by atoms with van der Waals surface area (Å²) in [6, 6.07) is 13.2. The van der Waals surface area contributed by atoms with Crippen molar-refractivity contribution in [2.45, 2.75) is 6.54 Å². The van der Waals surface area contributed by atoms with Crippen LogP contribution in [0.15, 0.2) is 54.9 Å². The Kier molecular flexibility index (Phi) is 5.73. The van der Waals surface area contributed by atoms with Gasteiger partial charge in [0, 0.05) is 42.6 Å². The zero-order valence-electron chi connectivity index (χ0n) is 17.8. The minimum Gasteiger partial charge on any atom is -0.387 e. The van der Waals surface area contributed by atoms with E-state index in [1.54, 1.807) is 6.07 Å². The molecule has 10 heteroatoms. The Morgan fingerprint density at radius 2 is 1.88 bits per heavy atom. The predicted molar refractivity (Wildman–Crippen MR) is 127 cm³/mol. The lowest BCUT2D eigenvalue weighted by Gasteiger charge is -2.29. The molecular weight excluding hydrogens is 422 g/mol. The number of hydrogen-bond donors (Lipinski definition) is 3. The molecule has 1 fully saturated rings. The lowest BCUT2D eigenvalue weighted by molar-refractivity contribution is -0.385. The first-order valence-electron chi connectivity index (χ1n) is 10.7. The number of aromatic nitrogens is 2. The number of nitro groups is 1. The average Bonchev–Trinajstić information content (AvgIpc) is 2.85. The van der Waals surface area contributed by atoms with Gasteiger partial charge in [0.15, 0.2) is 0 Å². The van der Waals surface area contributed by atoms with Crippen LogP contribution in [0.2, 0.25) is 0 Å². The van der Waals surface area contributed by atoms with Gasteiger partial charge in [-0.05, 0) is 54.2 Å². The number of hydrogen-bond acceptors (Lipinski definition) is 9.